The molecule has 0 saturated carbocycles. The van der Waals surface area contributed by atoms with Crippen LogP contribution in [0.1, 0.15) is 5.56 Å². The molecule has 0 fully saturated rings. The van der Waals surface area contributed by atoms with Gasteiger partial charge in [-0.15, -0.1) is 0 Å². The largest absolute Gasteiger partial charge is 0.524 e. The van der Waals surface area contributed by atoms with Crippen LogP contribution in [0.4, 0.5) is 0 Å². The summed E-state index contributed by atoms with van der Waals surface area (Å²) in [6.07, 6.45) is -0.205. The van der Waals surface area contributed by atoms with Gasteiger partial charge in [-0.05, 0) is 24.1 Å². The van der Waals surface area contributed by atoms with Crippen molar-refractivity contribution in [3.63, 3.8) is 0 Å². The second-order valence-electron chi connectivity index (χ2n) is 4.09. The first-order valence-corrected chi connectivity index (χ1v) is 8.55. The zero-order chi connectivity index (χ0) is 17.1. The van der Waals surface area contributed by atoms with E-state index in [0.29, 0.717) is 0 Å². The van der Waals surface area contributed by atoms with Crippen LogP contribution >= 0.6 is 15.6 Å². The topological polar surface area (TPSA) is 197 Å². The average molecular weight is 357 g/mol. The van der Waals surface area contributed by atoms with Crippen LogP contribution in [0, 0.1) is 0 Å². The predicted molar refractivity (Wildman–Crippen MR) is 71.1 cm³/mol. The van der Waals surface area contributed by atoms with E-state index in [0.717, 1.165) is 12.1 Å². The van der Waals surface area contributed by atoms with Crippen molar-refractivity contribution < 1.29 is 47.7 Å². The molecule has 0 amide bonds. The smallest absolute Gasteiger partial charge is 0.480 e. The predicted octanol–water partition coefficient (Wildman–Crippen LogP) is -0.416. The van der Waals surface area contributed by atoms with Gasteiger partial charge in [0.15, 0.2) is 11.5 Å². The highest BCUT2D eigenvalue weighted by Crippen LogP contribution is 2.47. The Kier molecular flexibility index (Phi) is 5.71. The first-order chi connectivity index (χ1) is 9.87. The molecule has 0 bridgehead atoms. The summed E-state index contributed by atoms with van der Waals surface area (Å²) in [4.78, 5) is 45.7. The normalized spacial score (nSPS) is 13.5. The van der Waals surface area contributed by atoms with Gasteiger partial charge in [-0.2, -0.15) is 0 Å². The molecule has 7 N–H and O–H groups in total. The van der Waals surface area contributed by atoms with E-state index in [1.165, 1.54) is 6.07 Å². The number of phosphoric acid groups is 2. The molecule has 0 heterocycles. The first-order valence-electron chi connectivity index (χ1n) is 5.49. The van der Waals surface area contributed by atoms with Crippen LogP contribution in [0.25, 0.3) is 0 Å². The Labute approximate surface area is 123 Å². The number of phosphoric ester groups is 2. The fraction of sp³-hybridized carbons (Fsp3) is 0.222. The highest BCUT2D eigenvalue weighted by atomic mass is 31.2. The van der Waals surface area contributed by atoms with Gasteiger partial charge < -0.3 is 19.9 Å². The van der Waals surface area contributed by atoms with Crippen LogP contribution < -0.4 is 14.8 Å². The molecule has 13 heteroatoms. The summed E-state index contributed by atoms with van der Waals surface area (Å²) in [5.74, 6) is -2.58. The number of hydrogen-bond acceptors (Lipinski definition) is 6. The van der Waals surface area contributed by atoms with Crippen molar-refractivity contribution in [1.82, 2.24) is 0 Å². The number of rotatable bonds is 7. The van der Waals surface area contributed by atoms with Gasteiger partial charge in [-0.25, -0.2) is 9.13 Å². The summed E-state index contributed by atoms with van der Waals surface area (Å²) in [6, 6.07) is 1.87. The van der Waals surface area contributed by atoms with Gasteiger partial charge in [0.25, 0.3) is 0 Å². The van der Waals surface area contributed by atoms with Gasteiger partial charge in [-0.3, -0.25) is 24.4 Å². The molecule has 0 spiro atoms. The highest BCUT2D eigenvalue weighted by Gasteiger charge is 2.25. The summed E-state index contributed by atoms with van der Waals surface area (Å²) >= 11 is 0. The highest BCUT2D eigenvalue weighted by molar-refractivity contribution is 7.47. The maximum Gasteiger partial charge on any atom is 0.524 e. The zero-order valence-corrected chi connectivity index (χ0v) is 12.6. The summed E-state index contributed by atoms with van der Waals surface area (Å²) in [6.45, 7) is 0. The van der Waals surface area contributed by atoms with Crippen LogP contribution in [0.2, 0.25) is 0 Å². The van der Waals surface area contributed by atoms with E-state index in [-0.39, 0.29) is 12.0 Å². The Morgan fingerprint density at radius 3 is 2.05 bits per heavy atom. The Bertz CT molecular complexity index is 650. The van der Waals surface area contributed by atoms with Gasteiger partial charge in [0.1, 0.15) is 6.04 Å². The molecule has 1 aromatic rings. The van der Waals surface area contributed by atoms with E-state index in [4.69, 9.17) is 30.4 Å². The van der Waals surface area contributed by atoms with Crippen LogP contribution in [0.15, 0.2) is 18.2 Å². The average Bonchev–Trinajstić information content (AvgIpc) is 2.28. The summed E-state index contributed by atoms with van der Waals surface area (Å²) < 4.78 is 30.2. The second-order valence-corrected chi connectivity index (χ2v) is 6.42. The molecule has 0 aliphatic rings. The Morgan fingerprint density at radius 2 is 1.59 bits per heavy atom. The number of hydrogen-bond donors (Lipinski definition) is 6. The van der Waals surface area contributed by atoms with E-state index in [1.807, 2.05) is 0 Å². The van der Waals surface area contributed by atoms with Crippen LogP contribution in [-0.4, -0.2) is 36.7 Å². The van der Waals surface area contributed by atoms with Crippen LogP contribution in [0.3, 0.4) is 0 Å². The first kappa shape index (κ1) is 18.6. The lowest BCUT2D eigenvalue weighted by Gasteiger charge is -2.15. The molecule has 124 valence electrons. The molecule has 0 saturated heterocycles. The number of aliphatic carboxylic acids is 1. The van der Waals surface area contributed by atoms with Crippen molar-refractivity contribution >= 4 is 21.6 Å². The van der Waals surface area contributed by atoms with Gasteiger partial charge >= 0.3 is 21.6 Å². The van der Waals surface area contributed by atoms with Crippen LogP contribution in [0.5, 0.6) is 11.5 Å². The molecular formula is C9H13NO10P2. The SMILES string of the molecule is N[C@@H](Cc1ccc(OP(=O)(O)O)c(OP(=O)(O)O)c1)C(=O)O. The van der Waals surface area contributed by atoms with Crippen molar-refractivity contribution in [3.05, 3.63) is 23.8 Å². The number of carboxylic acid groups (broad SMARTS) is 1. The minimum absolute atomic E-state index is 0.205. The van der Waals surface area contributed by atoms with Gasteiger partial charge in [0.05, 0.1) is 0 Å². The fourth-order valence-electron chi connectivity index (χ4n) is 1.42. The molecule has 1 aromatic carbocycles. The van der Waals surface area contributed by atoms with E-state index < -0.39 is 39.2 Å². The molecule has 1 atom stereocenters. The molecule has 0 aliphatic heterocycles. The summed E-state index contributed by atoms with van der Waals surface area (Å²) in [5, 5.41) is 8.70. The van der Waals surface area contributed by atoms with Crippen molar-refractivity contribution in [2.75, 3.05) is 0 Å². The lowest BCUT2D eigenvalue weighted by molar-refractivity contribution is -0.138. The second kappa shape index (κ2) is 6.76. The van der Waals surface area contributed by atoms with Crippen molar-refractivity contribution in [3.8, 4) is 11.5 Å². The molecule has 1 rings (SSSR count). The molecule has 0 aromatic heterocycles. The third-order valence-electron chi connectivity index (χ3n) is 2.22. The molecule has 0 aliphatic carbocycles. The fourth-order valence-corrected chi connectivity index (χ4v) is 2.23. The third kappa shape index (κ3) is 6.54. The van der Waals surface area contributed by atoms with Crippen LogP contribution in [-0.2, 0) is 20.3 Å². The quantitative estimate of drug-likeness (QED) is 0.347. The Morgan fingerprint density at radius 1 is 1.09 bits per heavy atom. The Balaban J connectivity index is 3.16. The lowest BCUT2D eigenvalue weighted by atomic mass is 10.1. The van der Waals surface area contributed by atoms with Crippen molar-refractivity contribution in [2.45, 2.75) is 12.5 Å². The van der Waals surface area contributed by atoms with Gasteiger partial charge in [-0.1, -0.05) is 6.07 Å². The van der Waals surface area contributed by atoms with E-state index in [9.17, 15) is 13.9 Å². The minimum Gasteiger partial charge on any atom is -0.480 e. The van der Waals surface area contributed by atoms with Gasteiger partial charge in [0, 0.05) is 0 Å². The van der Waals surface area contributed by atoms with Crippen molar-refractivity contribution in [1.29, 1.82) is 0 Å². The molecule has 11 nitrogen and oxygen atoms in total. The Hall–Kier alpha value is -1.45. The van der Waals surface area contributed by atoms with Gasteiger partial charge in [0.2, 0.25) is 0 Å². The van der Waals surface area contributed by atoms with E-state index >= 15 is 0 Å². The van der Waals surface area contributed by atoms with E-state index in [2.05, 4.69) is 9.05 Å². The maximum absolute atomic E-state index is 10.9. The summed E-state index contributed by atoms with van der Waals surface area (Å²) in [7, 11) is -10.0. The summed E-state index contributed by atoms with van der Waals surface area (Å²) in [5.41, 5.74) is 5.52. The third-order valence-corrected chi connectivity index (χ3v) is 3.08. The number of carboxylic acids is 1. The monoisotopic (exact) mass is 357 g/mol. The standard InChI is InChI=1S/C9H13NO10P2/c10-6(9(11)12)3-5-1-2-7(19-21(13,14)15)8(4-5)20-22(16,17)18/h1-2,4,6H,3,10H2,(H,11,12)(H2,13,14,15)(H2,16,17,18)/t6-/m0/s1. The number of benzene rings is 1. The molecular weight excluding hydrogens is 344 g/mol. The molecule has 0 unspecified atom stereocenters. The molecule has 0 radical (unpaired) electrons. The minimum atomic E-state index is -5.03. The maximum atomic E-state index is 10.9. The zero-order valence-electron chi connectivity index (χ0n) is 10.8. The number of carbonyl (C=O) groups is 1. The van der Waals surface area contributed by atoms with E-state index in [1.54, 1.807) is 0 Å². The van der Waals surface area contributed by atoms with Crippen molar-refractivity contribution in [2.24, 2.45) is 5.73 Å². The lowest BCUT2D eigenvalue weighted by Crippen LogP contribution is -2.32. The number of nitrogens with two attached hydrogens (primary N) is 1. The molecule has 22 heavy (non-hydrogen) atoms.